The van der Waals surface area contributed by atoms with E-state index in [9.17, 15) is 22.8 Å². The maximum absolute atomic E-state index is 12.6. The van der Waals surface area contributed by atoms with Crippen molar-refractivity contribution in [2.45, 2.75) is 38.0 Å². The van der Waals surface area contributed by atoms with Gasteiger partial charge in [0.1, 0.15) is 24.1 Å². The molecule has 3 atom stereocenters. The summed E-state index contributed by atoms with van der Waals surface area (Å²) in [7, 11) is 0. The molecule has 0 spiro atoms. The van der Waals surface area contributed by atoms with Crippen molar-refractivity contribution < 1.29 is 32.2 Å². The highest BCUT2D eigenvalue weighted by Gasteiger charge is 2.51. The number of nitrogens with zero attached hydrogens (tertiary/aromatic N) is 4. The van der Waals surface area contributed by atoms with Crippen LogP contribution in [0, 0.1) is 0 Å². The molecule has 2 aromatic rings. The van der Waals surface area contributed by atoms with Crippen molar-refractivity contribution in [1.82, 2.24) is 19.5 Å². The van der Waals surface area contributed by atoms with E-state index in [1.54, 1.807) is 0 Å². The van der Waals surface area contributed by atoms with E-state index in [1.807, 2.05) is 0 Å². The zero-order valence-electron chi connectivity index (χ0n) is 12.2. The monoisotopic (exact) mass is 344 g/mol. The molecule has 0 saturated carbocycles. The Kier molecular flexibility index (Phi) is 3.95. The van der Waals surface area contributed by atoms with Crippen molar-refractivity contribution in [3.63, 3.8) is 0 Å². The molecule has 0 aromatic carbocycles. The molecule has 0 amide bonds. The smallest absolute Gasteiger partial charge is 0.452 e. The lowest BCUT2D eigenvalue weighted by Crippen LogP contribution is -2.34. The van der Waals surface area contributed by atoms with Gasteiger partial charge in [0.2, 0.25) is 0 Å². The van der Waals surface area contributed by atoms with Crippen LogP contribution in [0.1, 0.15) is 19.6 Å². The molecule has 1 aliphatic heterocycles. The Bertz CT molecular complexity index is 791. The number of esters is 1. The number of fused-ring (bicyclic) bond motifs is 1. The number of ketones is 1. The molecule has 0 N–H and O–H groups in total. The van der Waals surface area contributed by atoms with Gasteiger partial charge in [0.25, 0.3) is 5.78 Å². The van der Waals surface area contributed by atoms with Gasteiger partial charge in [-0.15, -0.1) is 0 Å². The van der Waals surface area contributed by atoms with E-state index in [-0.39, 0.29) is 5.65 Å². The lowest BCUT2D eigenvalue weighted by atomic mass is 10.1. The average Bonchev–Trinajstić information content (AvgIpc) is 3.08. The minimum Gasteiger partial charge on any atom is -0.458 e. The Morgan fingerprint density at radius 1 is 1.38 bits per heavy atom. The highest BCUT2D eigenvalue weighted by Crippen LogP contribution is 2.36. The quantitative estimate of drug-likeness (QED) is 0.771. The number of carbonyl (C=O) groups is 2. The third-order valence-corrected chi connectivity index (χ3v) is 3.47. The standard InChI is InChI=1S/C13H11F3N4O4/c1-6(21)23-9-2-8(10(22)13(14,15)16)24-12(9)20-5-19-7-3-17-4-18-11(7)20/h3-5,8-9,12H,2H2,1H3. The minimum absolute atomic E-state index is 0.284. The van der Waals surface area contributed by atoms with Gasteiger partial charge in [0, 0.05) is 13.3 Å². The summed E-state index contributed by atoms with van der Waals surface area (Å²) in [5.74, 6) is -2.73. The Labute approximate surface area is 132 Å². The Hall–Kier alpha value is -2.56. The van der Waals surface area contributed by atoms with Crippen LogP contribution in [0.25, 0.3) is 11.2 Å². The molecule has 128 valence electrons. The van der Waals surface area contributed by atoms with Crippen molar-refractivity contribution in [2.24, 2.45) is 0 Å². The van der Waals surface area contributed by atoms with Crippen LogP contribution in [0.2, 0.25) is 0 Å². The molecule has 1 fully saturated rings. The minimum atomic E-state index is -5.04. The molecule has 3 rings (SSSR count). The summed E-state index contributed by atoms with van der Waals surface area (Å²) in [4.78, 5) is 34.4. The van der Waals surface area contributed by atoms with E-state index in [4.69, 9.17) is 9.47 Å². The van der Waals surface area contributed by atoms with E-state index in [0.717, 1.165) is 6.92 Å². The number of hydrogen-bond donors (Lipinski definition) is 0. The second kappa shape index (κ2) is 5.82. The van der Waals surface area contributed by atoms with Gasteiger partial charge >= 0.3 is 12.1 Å². The molecule has 8 nitrogen and oxygen atoms in total. The molecule has 11 heteroatoms. The number of alkyl halides is 3. The van der Waals surface area contributed by atoms with Crippen molar-refractivity contribution in [3.05, 3.63) is 18.9 Å². The maximum atomic E-state index is 12.6. The number of hydrogen-bond acceptors (Lipinski definition) is 7. The van der Waals surface area contributed by atoms with Gasteiger partial charge in [-0.25, -0.2) is 15.0 Å². The summed E-state index contributed by atoms with van der Waals surface area (Å²) < 4.78 is 49.5. The predicted molar refractivity (Wildman–Crippen MR) is 70.5 cm³/mol. The molecule has 3 unspecified atom stereocenters. The summed E-state index contributed by atoms with van der Waals surface area (Å²) in [5.41, 5.74) is 0.667. The average molecular weight is 344 g/mol. The van der Waals surface area contributed by atoms with E-state index in [2.05, 4.69) is 15.0 Å². The zero-order chi connectivity index (χ0) is 17.5. The summed E-state index contributed by atoms with van der Waals surface area (Å²) in [5, 5.41) is 0. The first-order valence-electron chi connectivity index (χ1n) is 6.83. The molecular weight excluding hydrogens is 333 g/mol. The van der Waals surface area contributed by atoms with Crippen molar-refractivity contribution >= 4 is 22.9 Å². The van der Waals surface area contributed by atoms with E-state index in [0.29, 0.717) is 5.52 Å². The van der Waals surface area contributed by atoms with Gasteiger partial charge < -0.3 is 9.47 Å². The highest BCUT2D eigenvalue weighted by atomic mass is 19.4. The molecular formula is C13H11F3N4O4. The molecule has 3 heterocycles. The number of aromatic nitrogens is 4. The maximum Gasteiger partial charge on any atom is 0.452 e. The molecule has 0 bridgehead atoms. The first-order chi connectivity index (χ1) is 11.3. The number of ether oxygens (including phenoxy) is 2. The van der Waals surface area contributed by atoms with Crippen molar-refractivity contribution in [3.8, 4) is 0 Å². The van der Waals surface area contributed by atoms with Crippen LogP contribution in [0.5, 0.6) is 0 Å². The lowest BCUT2D eigenvalue weighted by molar-refractivity contribution is -0.183. The molecule has 0 aliphatic carbocycles. The predicted octanol–water partition coefficient (Wildman–Crippen LogP) is 1.18. The van der Waals surface area contributed by atoms with Crippen molar-refractivity contribution in [1.29, 1.82) is 0 Å². The van der Waals surface area contributed by atoms with Gasteiger partial charge in [-0.1, -0.05) is 0 Å². The summed E-state index contributed by atoms with van der Waals surface area (Å²) in [6.45, 7) is 1.12. The fourth-order valence-electron chi connectivity index (χ4n) is 2.53. The first-order valence-corrected chi connectivity index (χ1v) is 6.83. The molecule has 0 radical (unpaired) electrons. The summed E-state index contributed by atoms with van der Waals surface area (Å²) >= 11 is 0. The SMILES string of the molecule is CC(=O)OC1CC(C(=O)C(F)(F)F)OC1n1cnc2cncnc21. The van der Waals surface area contributed by atoms with Crippen molar-refractivity contribution in [2.75, 3.05) is 0 Å². The number of carbonyl (C=O) groups excluding carboxylic acids is 2. The Balaban J connectivity index is 1.94. The van der Waals surface area contributed by atoms with Crippen LogP contribution in [0.15, 0.2) is 18.9 Å². The number of imidazole rings is 1. The second-order valence-corrected chi connectivity index (χ2v) is 5.14. The fraction of sp³-hybridized carbons (Fsp3) is 0.462. The van der Waals surface area contributed by atoms with Gasteiger partial charge in [-0.05, 0) is 0 Å². The number of rotatable bonds is 3. The summed E-state index contributed by atoms with van der Waals surface area (Å²) in [6.07, 6.45) is -5.52. The van der Waals surface area contributed by atoms with Crippen LogP contribution >= 0.6 is 0 Å². The molecule has 2 aromatic heterocycles. The fourth-order valence-corrected chi connectivity index (χ4v) is 2.53. The molecule has 1 aliphatic rings. The van der Waals surface area contributed by atoms with Gasteiger partial charge in [0.15, 0.2) is 11.9 Å². The topological polar surface area (TPSA) is 96.2 Å². The molecule has 1 saturated heterocycles. The number of halogens is 3. The van der Waals surface area contributed by atoms with Crippen LogP contribution < -0.4 is 0 Å². The second-order valence-electron chi connectivity index (χ2n) is 5.14. The van der Waals surface area contributed by atoms with Crippen LogP contribution in [0.3, 0.4) is 0 Å². The summed E-state index contributed by atoms with van der Waals surface area (Å²) in [6, 6.07) is 0. The van der Waals surface area contributed by atoms with E-state index in [1.165, 1.54) is 23.4 Å². The largest absolute Gasteiger partial charge is 0.458 e. The van der Waals surface area contributed by atoms with Crippen LogP contribution in [-0.2, 0) is 19.1 Å². The number of Topliss-reactive ketones (excluding diaryl/α,β-unsaturated/α-hetero) is 1. The highest BCUT2D eigenvalue weighted by molar-refractivity contribution is 5.88. The van der Waals surface area contributed by atoms with Gasteiger partial charge in [0.05, 0.1) is 12.5 Å². The third-order valence-electron chi connectivity index (χ3n) is 3.47. The zero-order valence-corrected chi connectivity index (χ0v) is 12.2. The van der Waals surface area contributed by atoms with E-state index < -0.39 is 42.8 Å². The normalized spacial score (nSPS) is 24.2. The first kappa shape index (κ1) is 16.3. The Morgan fingerprint density at radius 2 is 2.12 bits per heavy atom. The van der Waals surface area contributed by atoms with Crippen LogP contribution in [-0.4, -0.2) is 49.7 Å². The third kappa shape index (κ3) is 2.94. The Morgan fingerprint density at radius 3 is 2.79 bits per heavy atom. The van der Waals surface area contributed by atoms with Crippen LogP contribution in [0.4, 0.5) is 13.2 Å². The lowest BCUT2D eigenvalue weighted by Gasteiger charge is -2.19. The molecule has 24 heavy (non-hydrogen) atoms. The van der Waals surface area contributed by atoms with E-state index >= 15 is 0 Å². The van der Waals surface area contributed by atoms with Gasteiger partial charge in [-0.2, -0.15) is 13.2 Å². The van der Waals surface area contributed by atoms with Gasteiger partial charge in [-0.3, -0.25) is 14.2 Å².